The molecular formula is C20H22F5NO3. The highest BCUT2D eigenvalue weighted by Crippen LogP contribution is 2.40. The minimum atomic E-state index is -2.30. The van der Waals surface area contributed by atoms with Crippen molar-refractivity contribution in [3.8, 4) is 0 Å². The number of carbonyl (C=O) groups is 2. The van der Waals surface area contributed by atoms with Crippen LogP contribution in [-0.2, 0) is 4.74 Å². The van der Waals surface area contributed by atoms with Gasteiger partial charge in [0.25, 0.3) is 0 Å². The average molecular weight is 419 g/mol. The Morgan fingerprint density at radius 3 is 1.76 bits per heavy atom. The van der Waals surface area contributed by atoms with Gasteiger partial charge in [0.2, 0.25) is 5.82 Å². The van der Waals surface area contributed by atoms with Gasteiger partial charge in [0.05, 0.1) is 5.56 Å². The van der Waals surface area contributed by atoms with Crippen molar-refractivity contribution < 1.29 is 36.3 Å². The van der Waals surface area contributed by atoms with Crippen molar-refractivity contribution in [3.63, 3.8) is 0 Å². The largest absolute Gasteiger partial charge is 0.444 e. The molecule has 9 heteroatoms. The molecule has 29 heavy (non-hydrogen) atoms. The Bertz CT molecular complexity index is 808. The second-order valence-electron chi connectivity index (χ2n) is 8.60. The second kappa shape index (κ2) is 7.57. The normalized spacial score (nSPS) is 24.4. The second-order valence-corrected chi connectivity index (χ2v) is 8.60. The Labute approximate surface area is 165 Å². The summed E-state index contributed by atoms with van der Waals surface area (Å²) in [6.07, 6.45) is 1.56. The molecule has 0 radical (unpaired) electrons. The number of carbonyl (C=O) groups excluding carboxylic acids is 2. The summed E-state index contributed by atoms with van der Waals surface area (Å²) in [6.45, 7) is 5.17. The van der Waals surface area contributed by atoms with E-state index in [1.165, 1.54) is 0 Å². The minimum absolute atomic E-state index is 0.0775. The summed E-state index contributed by atoms with van der Waals surface area (Å²) < 4.78 is 73.8. The predicted octanol–water partition coefficient (Wildman–Crippen LogP) is 5.13. The Kier molecular flexibility index (Phi) is 5.62. The first-order valence-corrected chi connectivity index (χ1v) is 9.49. The zero-order valence-corrected chi connectivity index (χ0v) is 16.3. The molecule has 160 valence electrons. The predicted molar refractivity (Wildman–Crippen MR) is 92.8 cm³/mol. The number of piperidine rings is 2. The van der Waals surface area contributed by atoms with E-state index in [4.69, 9.17) is 4.74 Å². The molecule has 3 rings (SSSR count). The maximum atomic E-state index is 14.1. The quantitative estimate of drug-likeness (QED) is 0.289. The van der Waals surface area contributed by atoms with Crippen LogP contribution in [-0.4, -0.2) is 34.5 Å². The highest BCUT2D eigenvalue weighted by Gasteiger charge is 2.45. The Hall–Kier alpha value is -2.19. The number of hydrogen-bond acceptors (Lipinski definition) is 3. The van der Waals surface area contributed by atoms with Crippen molar-refractivity contribution in [1.82, 2.24) is 4.90 Å². The van der Waals surface area contributed by atoms with E-state index < -0.39 is 70.1 Å². The highest BCUT2D eigenvalue weighted by molar-refractivity contribution is 5.98. The van der Waals surface area contributed by atoms with Crippen LogP contribution in [0.3, 0.4) is 0 Å². The number of rotatable bonds is 2. The monoisotopic (exact) mass is 419 g/mol. The molecule has 2 aliphatic rings. The molecule has 2 atom stereocenters. The Morgan fingerprint density at radius 2 is 1.31 bits per heavy atom. The summed E-state index contributed by atoms with van der Waals surface area (Å²) in [7, 11) is 0. The lowest BCUT2D eigenvalue weighted by atomic mass is 9.75. The minimum Gasteiger partial charge on any atom is -0.444 e. The molecule has 4 nitrogen and oxygen atoms in total. The lowest BCUT2D eigenvalue weighted by molar-refractivity contribution is -0.0261. The number of halogens is 5. The summed E-state index contributed by atoms with van der Waals surface area (Å²) in [4.78, 5) is 26.8. The molecule has 2 heterocycles. The molecule has 0 N–H and O–H groups in total. The van der Waals surface area contributed by atoms with Crippen molar-refractivity contribution in [3.05, 3.63) is 34.6 Å². The van der Waals surface area contributed by atoms with Gasteiger partial charge in [-0.15, -0.1) is 0 Å². The van der Waals surface area contributed by atoms with Gasteiger partial charge >= 0.3 is 6.09 Å². The van der Waals surface area contributed by atoms with Crippen molar-refractivity contribution in [2.75, 3.05) is 0 Å². The number of hydrogen-bond donors (Lipinski definition) is 0. The van der Waals surface area contributed by atoms with Gasteiger partial charge in [-0.25, -0.2) is 26.7 Å². The van der Waals surface area contributed by atoms with Gasteiger partial charge in [0, 0.05) is 18.0 Å². The maximum Gasteiger partial charge on any atom is 0.410 e. The summed E-state index contributed by atoms with van der Waals surface area (Å²) in [5.74, 6) is -12.9. The van der Waals surface area contributed by atoms with Gasteiger partial charge < -0.3 is 9.64 Å². The van der Waals surface area contributed by atoms with Gasteiger partial charge in [-0.3, -0.25) is 4.79 Å². The first kappa shape index (κ1) is 21.5. The van der Waals surface area contributed by atoms with Crippen LogP contribution in [0.1, 0.15) is 63.2 Å². The first-order chi connectivity index (χ1) is 13.4. The molecule has 1 aromatic rings. The third kappa shape index (κ3) is 3.96. The topological polar surface area (TPSA) is 46.6 Å². The third-order valence-electron chi connectivity index (χ3n) is 5.41. The summed E-state index contributed by atoms with van der Waals surface area (Å²) in [5.41, 5.74) is -2.12. The zero-order chi connectivity index (χ0) is 21.7. The van der Waals surface area contributed by atoms with Crippen molar-refractivity contribution >= 4 is 11.9 Å². The molecule has 0 aliphatic carbocycles. The fourth-order valence-electron chi connectivity index (χ4n) is 4.23. The number of amides is 1. The smallest absolute Gasteiger partial charge is 0.410 e. The number of ether oxygens (including phenoxy) is 1. The first-order valence-electron chi connectivity index (χ1n) is 9.49. The van der Waals surface area contributed by atoms with E-state index in [0.29, 0.717) is 12.8 Å². The van der Waals surface area contributed by atoms with Gasteiger partial charge in [-0.05, 0) is 52.9 Å². The van der Waals surface area contributed by atoms with E-state index in [0.717, 1.165) is 6.42 Å². The van der Waals surface area contributed by atoms with Crippen LogP contribution in [0.4, 0.5) is 26.7 Å². The molecule has 0 aromatic heterocycles. The van der Waals surface area contributed by atoms with Gasteiger partial charge in [-0.1, -0.05) is 0 Å². The van der Waals surface area contributed by atoms with Crippen LogP contribution < -0.4 is 0 Å². The van der Waals surface area contributed by atoms with E-state index in [1.807, 2.05) is 0 Å². The molecule has 2 aliphatic heterocycles. The van der Waals surface area contributed by atoms with Crippen LogP contribution in [0.25, 0.3) is 0 Å². The van der Waals surface area contributed by atoms with Crippen molar-refractivity contribution in [1.29, 1.82) is 0 Å². The van der Waals surface area contributed by atoms with E-state index in [9.17, 15) is 31.5 Å². The maximum absolute atomic E-state index is 14.1. The van der Waals surface area contributed by atoms with Crippen LogP contribution in [0, 0.1) is 35.0 Å². The molecule has 0 saturated carbocycles. The van der Waals surface area contributed by atoms with E-state index in [1.54, 1.807) is 25.7 Å². The fraction of sp³-hybridized carbons (Fsp3) is 0.600. The summed E-state index contributed by atoms with van der Waals surface area (Å²) in [6, 6.07) is -0.792. The Balaban J connectivity index is 1.87. The number of benzene rings is 1. The van der Waals surface area contributed by atoms with Gasteiger partial charge in [0.15, 0.2) is 29.1 Å². The molecular weight excluding hydrogens is 397 g/mol. The Morgan fingerprint density at radius 1 is 0.862 bits per heavy atom. The molecule has 2 bridgehead atoms. The lowest BCUT2D eigenvalue weighted by Gasteiger charge is -2.48. The SMILES string of the molecule is CC(C)(C)OC(=O)N1C2CCCC1CC(C(=O)c1c(F)c(F)c(F)c(F)c1F)C2. The zero-order valence-electron chi connectivity index (χ0n) is 16.3. The van der Waals surface area contributed by atoms with E-state index in [2.05, 4.69) is 0 Å². The van der Waals surface area contributed by atoms with Crippen LogP contribution in [0.2, 0.25) is 0 Å². The number of nitrogens with zero attached hydrogens (tertiary/aromatic N) is 1. The highest BCUT2D eigenvalue weighted by atomic mass is 19.2. The van der Waals surface area contributed by atoms with Gasteiger partial charge in [0.1, 0.15) is 5.60 Å². The van der Waals surface area contributed by atoms with Crippen LogP contribution in [0.15, 0.2) is 0 Å². The van der Waals surface area contributed by atoms with Crippen LogP contribution in [0.5, 0.6) is 0 Å². The molecule has 1 aromatic carbocycles. The summed E-state index contributed by atoms with van der Waals surface area (Å²) >= 11 is 0. The molecule has 0 spiro atoms. The van der Waals surface area contributed by atoms with E-state index >= 15 is 0 Å². The molecule has 2 unspecified atom stereocenters. The third-order valence-corrected chi connectivity index (χ3v) is 5.41. The number of ketones is 1. The number of Topliss-reactive ketones (excluding diaryl/α,β-unsaturated/α-hetero) is 1. The van der Waals surface area contributed by atoms with E-state index in [-0.39, 0.29) is 12.8 Å². The average Bonchev–Trinajstić information content (AvgIpc) is 2.62. The lowest BCUT2D eigenvalue weighted by Crippen LogP contribution is -2.56. The van der Waals surface area contributed by atoms with Crippen molar-refractivity contribution in [2.45, 2.75) is 70.6 Å². The van der Waals surface area contributed by atoms with Crippen LogP contribution >= 0.6 is 0 Å². The summed E-state index contributed by atoms with van der Waals surface area (Å²) in [5, 5.41) is 0. The molecule has 2 saturated heterocycles. The van der Waals surface area contributed by atoms with Gasteiger partial charge in [-0.2, -0.15) is 0 Å². The molecule has 2 fully saturated rings. The molecule has 1 amide bonds. The van der Waals surface area contributed by atoms with Crippen molar-refractivity contribution in [2.24, 2.45) is 5.92 Å². The fourth-order valence-corrected chi connectivity index (χ4v) is 4.23. The number of fused-ring (bicyclic) bond motifs is 2. The standard InChI is InChI=1S/C20H22F5NO3/c1-20(2,3)29-19(28)26-10-5-4-6-11(26)8-9(7-10)18(27)12-13(21)15(23)17(25)16(24)14(12)22/h9-11H,4-8H2,1-3H3.